The number of hydrogen-bond acceptors (Lipinski definition) is 5. The Kier molecular flexibility index (Phi) is 6.13. The molecule has 0 aliphatic carbocycles. The van der Waals surface area contributed by atoms with Gasteiger partial charge in [0.05, 0.1) is 21.2 Å². The van der Waals surface area contributed by atoms with Crippen molar-refractivity contribution in [3.8, 4) is 11.3 Å². The molecule has 3 heterocycles. The molecule has 1 aromatic carbocycles. The minimum absolute atomic E-state index is 0.0386. The minimum atomic E-state index is -0.0386. The first-order valence-electron chi connectivity index (χ1n) is 8.98. The number of thiophene rings is 1. The van der Waals surface area contributed by atoms with E-state index >= 15 is 0 Å². The van der Waals surface area contributed by atoms with Crippen molar-refractivity contribution in [3.63, 3.8) is 0 Å². The van der Waals surface area contributed by atoms with Gasteiger partial charge in [0.15, 0.2) is 5.65 Å². The normalized spacial score (nSPS) is 11.0. The maximum absolute atomic E-state index is 12.0. The molecule has 3 aromatic heterocycles. The van der Waals surface area contributed by atoms with Crippen LogP contribution < -0.4 is 10.6 Å². The maximum Gasteiger partial charge on any atom is 0.261 e. The van der Waals surface area contributed by atoms with Crippen molar-refractivity contribution in [3.05, 3.63) is 68.4 Å². The molecule has 0 saturated heterocycles. The van der Waals surface area contributed by atoms with Crippen molar-refractivity contribution in [2.45, 2.75) is 6.42 Å². The Labute approximate surface area is 185 Å². The lowest BCUT2D eigenvalue weighted by Gasteiger charge is -2.12. The second kappa shape index (κ2) is 8.94. The van der Waals surface area contributed by atoms with E-state index in [2.05, 4.69) is 31.7 Å². The highest BCUT2D eigenvalue weighted by Crippen LogP contribution is 2.30. The molecular weight excluding hydrogens is 474 g/mol. The third-order valence-corrected chi connectivity index (χ3v) is 6.03. The quantitative estimate of drug-likeness (QED) is 0.353. The Bertz CT molecular complexity index is 1150. The molecule has 0 bridgehead atoms. The number of rotatable bonds is 7. The molecule has 0 aliphatic heterocycles. The zero-order valence-corrected chi connectivity index (χ0v) is 18.4. The number of anilines is 1. The van der Waals surface area contributed by atoms with Gasteiger partial charge >= 0.3 is 0 Å². The van der Waals surface area contributed by atoms with Gasteiger partial charge in [0.1, 0.15) is 5.82 Å². The fraction of sp³-hybridized carbons (Fsp3) is 0.150. The lowest BCUT2D eigenvalue weighted by Crippen LogP contribution is -2.25. The highest BCUT2D eigenvalue weighted by molar-refractivity contribution is 9.10. The fourth-order valence-electron chi connectivity index (χ4n) is 2.87. The molecule has 9 heteroatoms. The van der Waals surface area contributed by atoms with E-state index in [0.29, 0.717) is 23.8 Å². The number of nitrogens with one attached hydrogen (secondary N) is 2. The molecule has 0 radical (unpaired) electrons. The van der Waals surface area contributed by atoms with E-state index in [1.54, 1.807) is 10.7 Å². The van der Waals surface area contributed by atoms with Gasteiger partial charge in [0.25, 0.3) is 5.91 Å². The van der Waals surface area contributed by atoms with Crippen LogP contribution in [0.1, 0.15) is 16.1 Å². The molecule has 29 heavy (non-hydrogen) atoms. The van der Waals surface area contributed by atoms with Gasteiger partial charge in [0.2, 0.25) is 0 Å². The number of fused-ring (bicyclic) bond motifs is 1. The Morgan fingerprint density at radius 3 is 2.86 bits per heavy atom. The van der Waals surface area contributed by atoms with Crippen molar-refractivity contribution in [1.29, 1.82) is 0 Å². The van der Waals surface area contributed by atoms with Gasteiger partial charge in [-0.3, -0.25) is 4.79 Å². The summed E-state index contributed by atoms with van der Waals surface area (Å²) in [7, 11) is 0. The van der Waals surface area contributed by atoms with E-state index in [4.69, 9.17) is 16.6 Å². The van der Waals surface area contributed by atoms with Gasteiger partial charge in [-0.1, -0.05) is 35.9 Å². The molecule has 148 valence electrons. The van der Waals surface area contributed by atoms with Crippen LogP contribution in [0.25, 0.3) is 16.9 Å². The lowest BCUT2D eigenvalue weighted by molar-refractivity contribution is 0.0957. The zero-order chi connectivity index (χ0) is 20.2. The molecule has 1 amide bonds. The third-order valence-electron chi connectivity index (χ3n) is 4.27. The maximum atomic E-state index is 12.0. The van der Waals surface area contributed by atoms with Crippen LogP contribution in [0.3, 0.4) is 0 Å². The summed E-state index contributed by atoms with van der Waals surface area (Å²) in [5, 5.41) is 13.2. The van der Waals surface area contributed by atoms with Gasteiger partial charge in [-0.2, -0.15) is 9.61 Å². The van der Waals surface area contributed by atoms with E-state index in [-0.39, 0.29) is 5.91 Å². The largest absolute Gasteiger partial charge is 0.370 e. The number of carbonyl (C=O) groups is 1. The molecule has 4 aromatic rings. The summed E-state index contributed by atoms with van der Waals surface area (Å²) in [5.74, 6) is 0.767. The SMILES string of the molecule is O=C(NCCCNc1cc(-c2ccccc2Cl)nc2c(Br)cnn12)c1cccs1. The topological polar surface area (TPSA) is 71.3 Å². The molecule has 0 saturated carbocycles. The minimum Gasteiger partial charge on any atom is -0.370 e. The second-order valence-electron chi connectivity index (χ2n) is 6.25. The Hall–Kier alpha value is -2.42. The van der Waals surface area contributed by atoms with Crippen LogP contribution in [0.15, 0.2) is 58.5 Å². The van der Waals surface area contributed by atoms with E-state index in [1.807, 2.05) is 47.8 Å². The molecule has 4 rings (SSSR count). The van der Waals surface area contributed by atoms with Crippen LogP contribution >= 0.6 is 38.9 Å². The van der Waals surface area contributed by atoms with Crippen LogP contribution in [0.5, 0.6) is 0 Å². The second-order valence-corrected chi connectivity index (χ2v) is 8.46. The standard InChI is InChI=1S/C20H17BrClN5OS/c21-14-12-25-27-18(23-8-4-9-24-20(28)17-7-3-10-29-17)11-16(26-19(14)27)13-5-1-2-6-15(13)22/h1-3,5-7,10-12,23H,4,8-9H2,(H,24,28). The third kappa shape index (κ3) is 4.44. The van der Waals surface area contributed by atoms with Crippen molar-refractivity contribution in [2.24, 2.45) is 0 Å². The van der Waals surface area contributed by atoms with E-state index in [1.165, 1.54) is 11.3 Å². The molecular formula is C20H17BrClN5OS. The van der Waals surface area contributed by atoms with E-state index in [0.717, 1.165) is 32.8 Å². The first-order valence-corrected chi connectivity index (χ1v) is 11.0. The van der Waals surface area contributed by atoms with Gasteiger partial charge < -0.3 is 10.6 Å². The Morgan fingerprint density at radius 2 is 2.07 bits per heavy atom. The van der Waals surface area contributed by atoms with Crippen LogP contribution in [0.2, 0.25) is 5.02 Å². The first kappa shape index (κ1) is 19.9. The number of benzene rings is 1. The molecule has 0 unspecified atom stereocenters. The summed E-state index contributed by atoms with van der Waals surface area (Å²) >= 11 is 11.3. The Balaban J connectivity index is 1.47. The van der Waals surface area contributed by atoms with E-state index in [9.17, 15) is 4.79 Å². The van der Waals surface area contributed by atoms with Gasteiger partial charge in [0, 0.05) is 29.7 Å². The first-order chi connectivity index (χ1) is 14.1. The predicted molar refractivity (Wildman–Crippen MR) is 121 cm³/mol. The summed E-state index contributed by atoms with van der Waals surface area (Å²) < 4.78 is 2.55. The fourth-order valence-corrected chi connectivity index (χ4v) is 4.09. The number of hydrogen-bond donors (Lipinski definition) is 2. The monoisotopic (exact) mass is 489 g/mol. The number of halogens is 2. The van der Waals surface area contributed by atoms with Crippen LogP contribution in [0.4, 0.5) is 5.82 Å². The predicted octanol–water partition coefficient (Wildman–Crippen LogP) is 5.11. The zero-order valence-electron chi connectivity index (χ0n) is 15.2. The van der Waals surface area contributed by atoms with Crippen molar-refractivity contribution in [2.75, 3.05) is 18.4 Å². The smallest absolute Gasteiger partial charge is 0.261 e. The van der Waals surface area contributed by atoms with Crippen LogP contribution in [0, 0.1) is 0 Å². The molecule has 0 aliphatic rings. The molecule has 0 spiro atoms. The van der Waals surface area contributed by atoms with E-state index < -0.39 is 0 Å². The van der Waals surface area contributed by atoms with Gasteiger partial charge in [-0.05, 0) is 39.9 Å². The summed E-state index contributed by atoms with van der Waals surface area (Å²) in [6.07, 6.45) is 2.48. The van der Waals surface area contributed by atoms with Crippen molar-refractivity contribution in [1.82, 2.24) is 19.9 Å². The summed E-state index contributed by atoms with van der Waals surface area (Å²) in [6, 6.07) is 13.2. The highest BCUT2D eigenvalue weighted by Gasteiger charge is 2.13. The lowest BCUT2D eigenvalue weighted by atomic mass is 10.1. The molecule has 2 N–H and O–H groups in total. The van der Waals surface area contributed by atoms with Crippen molar-refractivity contribution >= 4 is 56.2 Å². The average Bonchev–Trinajstić information content (AvgIpc) is 3.38. The number of nitrogens with zero attached hydrogens (tertiary/aromatic N) is 3. The average molecular weight is 491 g/mol. The van der Waals surface area contributed by atoms with Crippen LogP contribution in [-0.2, 0) is 0 Å². The highest BCUT2D eigenvalue weighted by atomic mass is 79.9. The van der Waals surface area contributed by atoms with Crippen LogP contribution in [-0.4, -0.2) is 33.6 Å². The molecule has 6 nitrogen and oxygen atoms in total. The summed E-state index contributed by atoms with van der Waals surface area (Å²) in [5.41, 5.74) is 2.32. The number of amides is 1. The number of carbonyl (C=O) groups excluding carboxylic acids is 1. The summed E-state index contributed by atoms with van der Waals surface area (Å²) in [4.78, 5) is 17.4. The van der Waals surface area contributed by atoms with Gasteiger partial charge in [-0.25, -0.2) is 4.98 Å². The molecule has 0 fully saturated rings. The molecule has 0 atom stereocenters. The van der Waals surface area contributed by atoms with Crippen molar-refractivity contribution < 1.29 is 4.79 Å². The summed E-state index contributed by atoms with van der Waals surface area (Å²) in [6.45, 7) is 1.25. The van der Waals surface area contributed by atoms with Gasteiger partial charge in [-0.15, -0.1) is 11.3 Å². The number of aromatic nitrogens is 3. The Morgan fingerprint density at radius 1 is 1.21 bits per heavy atom.